The van der Waals surface area contributed by atoms with E-state index in [1.807, 2.05) is 55.5 Å². The number of aryl methyl sites for hydroxylation is 1. The van der Waals surface area contributed by atoms with Crippen molar-refractivity contribution in [2.45, 2.75) is 19.4 Å². The van der Waals surface area contributed by atoms with E-state index in [0.717, 1.165) is 27.8 Å². The van der Waals surface area contributed by atoms with Crippen LogP contribution in [-0.4, -0.2) is 46.7 Å². The number of fused-ring (bicyclic) bond motifs is 1. The standard InChI is InChI=1S/C23H24N2O3/c1-16-6-2-5-9-22(16)28-15-23(27)25-13-18(21(26)14-25)12-17-10-11-24-20-8-4-3-7-19(17)20/h2-11,18,21,26H,12-15H2,1H3/t18-,21+/m1/s1. The Labute approximate surface area is 164 Å². The Kier molecular flexibility index (Phi) is 5.26. The molecule has 1 fully saturated rings. The van der Waals surface area contributed by atoms with Crippen LogP contribution in [0, 0.1) is 12.8 Å². The lowest BCUT2D eigenvalue weighted by molar-refractivity contribution is -0.132. The van der Waals surface area contributed by atoms with E-state index in [1.165, 1.54) is 0 Å². The third kappa shape index (κ3) is 3.85. The maximum Gasteiger partial charge on any atom is 0.260 e. The molecule has 2 atom stereocenters. The number of hydrogen-bond acceptors (Lipinski definition) is 4. The summed E-state index contributed by atoms with van der Waals surface area (Å²) < 4.78 is 5.68. The first-order valence-electron chi connectivity index (χ1n) is 9.58. The second-order valence-electron chi connectivity index (χ2n) is 7.37. The maximum atomic E-state index is 12.6. The molecule has 1 aliphatic heterocycles. The van der Waals surface area contributed by atoms with E-state index in [1.54, 1.807) is 11.1 Å². The lowest BCUT2D eigenvalue weighted by Gasteiger charge is -2.17. The molecule has 0 saturated carbocycles. The van der Waals surface area contributed by atoms with Gasteiger partial charge in [-0.2, -0.15) is 0 Å². The molecule has 0 aliphatic carbocycles. The Morgan fingerprint density at radius 3 is 2.79 bits per heavy atom. The van der Waals surface area contributed by atoms with E-state index in [4.69, 9.17) is 4.74 Å². The fourth-order valence-electron chi connectivity index (χ4n) is 3.82. The number of amides is 1. The van der Waals surface area contributed by atoms with E-state index in [9.17, 15) is 9.90 Å². The average molecular weight is 376 g/mol. The first-order valence-corrected chi connectivity index (χ1v) is 9.58. The Morgan fingerprint density at radius 1 is 1.14 bits per heavy atom. The topological polar surface area (TPSA) is 62.7 Å². The minimum absolute atomic E-state index is 0.00761. The number of benzene rings is 2. The number of aliphatic hydroxyl groups excluding tert-OH is 1. The number of pyridine rings is 1. The molecular formula is C23H24N2O3. The highest BCUT2D eigenvalue weighted by molar-refractivity contribution is 5.82. The van der Waals surface area contributed by atoms with Gasteiger partial charge >= 0.3 is 0 Å². The van der Waals surface area contributed by atoms with Gasteiger partial charge in [-0.15, -0.1) is 0 Å². The van der Waals surface area contributed by atoms with Crippen molar-refractivity contribution >= 4 is 16.8 Å². The van der Waals surface area contributed by atoms with E-state index in [2.05, 4.69) is 11.1 Å². The molecule has 1 amide bonds. The van der Waals surface area contributed by atoms with Crippen LogP contribution in [0.5, 0.6) is 5.75 Å². The van der Waals surface area contributed by atoms with Gasteiger partial charge in [0, 0.05) is 30.6 Å². The van der Waals surface area contributed by atoms with Gasteiger partial charge in [-0.05, 0) is 42.7 Å². The third-order valence-corrected chi connectivity index (χ3v) is 5.43. The van der Waals surface area contributed by atoms with E-state index < -0.39 is 6.10 Å². The van der Waals surface area contributed by atoms with Crippen LogP contribution in [0.4, 0.5) is 0 Å². The van der Waals surface area contributed by atoms with E-state index >= 15 is 0 Å². The monoisotopic (exact) mass is 376 g/mol. The zero-order chi connectivity index (χ0) is 19.5. The number of carbonyl (C=O) groups excluding carboxylic acids is 1. The van der Waals surface area contributed by atoms with Gasteiger partial charge in [0.05, 0.1) is 11.6 Å². The third-order valence-electron chi connectivity index (χ3n) is 5.43. The second-order valence-corrected chi connectivity index (χ2v) is 7.37. The molecule has 4 rings (SSSR count). The summed E-state index contributed by atoms with van der Waals surface area (Å²) in [6.07, 6.45) is 1.99. The smallest absolute Gasteiger partial charge is 0.260 e. The van der Waals surface area contributed by atoms with Crippen LogP contribution in [0.1, 0.15) is 11.1 Å². The second kappa shape index (κ2) is 7.98. The number of rotatable bonds is 5. The number of aromatic nitrogens is 1. The highest BCUT2D eigenvalue weighted by Gasteiger charge is 2.34. The molecule has 144 valence electrons. The lowest BCUT2D eigenvalue weighted by Crippen LogP contribution is -2.33. The van der Waals surface area contributed by atoms with Gasteiger partial charge in [0.15, 0.2) is 6.61 Å². The molecule has 1 aliphatic rings. The predicted octanol–water partition coefficient (Wildman–Crippen LogP) is 2.98. The largest absolute Gasteiger partial charge is 0.484 e. The van der Waals surface area contributed by atoms with Crippen LogP contribution in [0.25, 0.3) is 10.9 Å². The van der Waals surface area contributed by atoms with Crippen LogP contribution in [-0.2, 0) is 11.2 Å². The van der Waals surface area contributed by atoms with Crippen molar-refractivity contribution in [2.75, 3.05) is 19.7 Å². The highest BCUT2D eigenvalue weighted by Crippen LogP contribution is 2.25. The molecule has 1 N–H and O–H groups in total. The summed E-state index contributed by atoms with van der Waals surface area (Å²) in [6.45, 7) is 2.83. The Balaban J connectivity index is 1.40. The number of carbonyl (C=O) groups is 1. The SMILES string of the molecule is Cc1ccccc1OCC(=O)N1C[C@@H](Cc2ccnc3ccccc23)[C@@H](O)C1. The number of ether oxygens (including phenoxy) is 1. The van der Waals surface area contributed by atoms with E-state index in [-0.39, 0.29) is 18.4 Å². The van der Waals surface area contributed by atoms with Gasteiger partial charge in [0.25, 0.3) is 5.91 Å². The zero-order valence-electron chi connectivity index (χ0n) is 15.9. The highest BCUT2D eigenvalue weighted by atomic mass is 16.5. The number of aliphatic hydroxyl groups is 1. The minimum Gasteiger partial charge on any atom is -0.484 e. The Hall–Kier alpha value is -2.92. The summed E-state index contributed by atoms with van der Waals surface area (Å²) in [6, 6.07) is 17.7. The zero-order valence-corrected chi connectivity index (χ0v) is 15.9. The fraction of sp³-hybridized carbons (Fsp3) is 0.304. The molecule has 5 heteroatoms. The van der Waals surface area contributed by atoms with Crippen molar-refractivity contribution in [1.29, 1.82) is 0 Å². The number of para-hydroxylation sites is 2. The van der Waals surface area contributed by atoms with Crippen molar-refractivity contribution in [1.82, 2.24) is 9.88 Å². The molecule has 1 aromatic heterocycles. The van der Waals surface area contributed by atoms with Gasteiger partial charge in [-0.25, -0.2) is 0 Å². The molecule has 5 nitrogen and oxygen atoms in total. The summed E-state index contributed by atoms with van der Waals surface area (Å²) in [5.41, 5.74) is 3.10. The van der Waals surface area contributed by atoms with Crippen molar-refractivity contribution in [3.05, 3.63) is 71.9 Å². The molecule has 0 spiro atoms. The summed E-state index contributed by atoms with van der Waals surface area (Å²) in [5, 5.41) is 11.6. The summed E-state index contributed by atoms with van der Waals surface area (Å²) in [5.74, 6) is 0.632. The minimum atomic E-state index is -0.533. The summed E-state index contributed by atoms with van der Waals surface area (Å²) in [4.78, 5) is 18.7. The number of likely N-dealkylation sites (tertiary alicyclic amines) is 1. The normalized spacial score (nSPS) is 19.1. The van der Waals surface area contributed by atoms with Crippen molar-refractivity contribution in [3.8, 4) is 5.75 Å². The lowest BCUT2D eigenvalue weighted by atomic mass is 9.94. The van der Waals surface area contributed by atoms with Crippen molar-refractivity contribution in [3.63, 3.8) is 0 Å². The first-order chi connectivity index (χ1) is 13.6. The average Bonchev–Trinajstić information content (AvgIpc) is 3.08. The van der Waals surface area contributed by atoms with Crippen LogP contribution < -0.4 is 4.74 Å². The first kappa shape index (κ1) is 18.4. The van der Waals surface area contributed by atoms with Crippen LogP contribution >= 0.6 is 0 Å². The number of β-amino-alcohol motifs (C(OH)–C–C–N with tert-alkyl or cyclic N) is 1. The molecule has 0 radical (unpaired) electrons. The maximum absolute atomic E-state index is 12.6. The van der Waals surface area contributed by atoms with Crippen molar-refractivity contribution < 1.29 is 14.6 Å². The van der Waals surface area contributed by atoms with Crippen LogP contribution in [0.3, 0.4) is 0 Å². The van der Waals surface area contributed by atoms with Crippen LogP contribution in [0.2, 0.25) is 0 Å². The Bertz CT molecular complexity index is 983. The van der Waals surface area contributed by atoms with Gasteiger partial charge < -0.3 is 14.7 Å². The molecule has 3 aromatic rings. The van der Waals surface area contributed by atoms with Crippen molar-refractivity contribution in [2.24, 2.45) is 5.92 Å². The Morgan fingerprint density at radius 2 is 1.93 bits per heavy atom. The predicted molar refractivity (Wildman–Crippen MR) is 108 cm³/mol. The molecule has 1 saturated heterocycles. The summed E-state index contributed by atoms with van der Waals surface area (Å²) in [7, 11) is 0. The molecular weight excluding hydrogens is 352 g/mol. The molecule has 0 bridgehead atoms. The number of hydrogen-bond donors (Lipinski definition) is 1. The summed E-state index contributed by atoms with van der Waals surface area (Å²) >= 11 is 0. The van der Waals surface area contributed by atoms with Gasteiger partial charge in [0.1, 0.15) is 5.75 Å². The van der Waals surface area contributed by atoms with Gasteiger partial charge in [0.2, 0.25) is 0 Å². The molecule has 0 unspecified atom stereocenters. The molecule has 28 heavy (non-hydrogen) atoms. The van der Waals surface area contributed by atoms with E-state index in [0.29, 0.717) is 19.5 Å². The van der Waals surface area contributed by atoms with Gasteiger partial charge in [-0.3, -0.25) is 9.78 Å². The molecule has 2 aromatic carbocycles. The number of nitrogens with zero attached hydrogens (tertiary/aromatic N) is 2. The molecule has 2 heterocycles. The van der Waals surface area contributed by atoms with Gasteiger partial charge in [-0.1, -0.05) is 36.4 Å². The quantitative estimate of drug-likeness (QED) is 0.744. The van der Waals surface area contributed by atoms with Crippen LogP contribution in [0.15, 0.2) is 60.8 Å². The fourth-order valence-corrected chi connectivity index (χ4v) is 3.82.